The maximum atomic E-state index is 11.7. The van der Waals surface area contributed by atoms with E-state index < -0.39 is 29.9 Å². The first kappa shape index (κ1) is 16.6. The highest BCUT2D eigenvalue weighted by molar-refractivity contribution is 5.84. The molecule has 2 atom stereocenters. The lowest BCUT2D eigenvalue weighted by molar-refractivity contribution is -0.142. The number of rotatable bonds is 9. The van der Waals surface area contributed by atoms with E-state index >= 15 is 0 Å². The highest BCUT2D eigenvalue weighted by Gasteiger charge is 2.22. The van der Waals surface area contributed by atoms with Gasteiger partial charge in [0, 0.05) is 24.7 Å². The molecule has 116 valence electrons. The number of likely N-dealkylation sites (N-methyl/N-ethyl adjacent to an activating group) is 1. The van der Waals surface area contributed by atoms with Crippen LogP contribution in [-0.4, -0.2) is 57.2 Å². The zero-order valence-electron chi connectivity index (χ0n) is 11.5. The topological polar surface area (TPSA) is 144 Å². The Morgan fingerprint density at radius 1 is 1.29 bits per heavy atom. The average Bonchev–Trinajstić information content (AvgIpc) is 2.91. The van der Waals surface area contributed by atoms with Crippen LogP contribution in [0.3, 0.4) is 0 Å². The van der Waals surface area contributed by atoms with Gasteiger partial charge in [0.1, 0.15) is 12.1 Å². The Balaban J connectivity index is 2.49. The fourth-order valence-corrected chi connectivity index (χ4v) is 1.75. The van der Waals surface area contributed by atoms with Crippen LogP contribution in [0.25, 0.3) is 0 Å². The molecule has 9 nitrogen and oxygen atoms in total. The molecule has 0 radical (unpaired) electrons. The maximum Gasteiger partial charge on any atom is 0.326 e. The largest absolute Gasteiger partial charge is 0.480 e. The van der Waals surface area contributed by atoms with Gasteiger partial charge in [0.25, 0.3) is 0 Å². The van der Waals surface area contributed by atoms with E-state index in [0.717, 1.165) is 0 Å². The van der Waals surface area contributed by atoms with Crippen LogP contribution in [0.4, 0.5) is 0 Å². The summed E-state index contributed by atoms with van der Waals surface area (Å²) in [6, 6.07) is -1.93. The lowest BCUT2D eigenvalue weighted by Crippen LogP contribution is -2.43. The van der Waals surface area contributed by atoms with Gasteiger partial charge in [-0.05, 0) is 13.5 Å². The first-order valence-corrected chi connectivity index (χ1v) is 6.33. The zero-order valence-corrected chi connectivity index (χ0v) is 11.5. The molecule has 0 spiro atoms. The quantitative estimate of drug-likeness (QED) is 0.392. The summed E-state index contributed by atoms with van der Waals surface area (Å²) in [6.45, 7) is 0. The summed E-state index contributed by atoms with van der Waals surface area (Å²) < 4.78 is 0. The molecule has 9 heteroatoms. The van der Waals surface area contributed by atoms with E-state index in [9.17, 15) is 14.4 Å². The van der Waals surface area contributed by atoms with Crippen molar-refractivity contribution >= 4 is 17.8 Å². The number of nitrogens with zero attached hydrogens (tertiary/aromatic N) is 1. The number of carboxylic acids is 2. The molecule has 0 saturated heterocycles. The first-order chi connectivity index (χ1) is 9.93. The summed E-state index contributed by atoms with van der Waals surface area (Å²) in [5, 5.41) is 22.8. The molecule has 0 fully saturated rings. The second-order valence-corrected chi connectivity index (χ2v) is 4.46. The molecular weight excluding hydrogens is 280 g/mol. The van der Waals surface area contributed by atoms with E-state index in [4.69, 9.17) is 10.2 Å². The van der Waals surface area contributed by atoms with Crippen LogP contribution in [0.2, 0.25) is 0 Å². The van der Waals surface area contributed by atoms with Crippen LogP contribution in [0.15, 0.2) is 12.5 Å². The summed E-state index contributed by atoms with van der Waals surface area (Å²) in [5.41, 5.74) is 0.585. The predicted octanol–water partition coefficient (Wildman–Crippen LogP) is -1.03. The normalized spacial score (nSPS) is 13.4. The first-order valence-electron chi connectivity index (χ1n) is 6.33. The van der Waals surface area contributed by atoms with Crippen LogP contribution in [0, 0.1) is 0 Å². The summed E-state index contributed by atoms with van der Waals surface area (Å²) in [5.74, 6) is -2.73. The molecule has 21 heavy (non-hydrogen) atoms. The third-order valence-electron chi connectivity index (χ3n) is 2.92. The van der Waals surface area contributed by atoms with Crippen molar-refractivity contribution in [3.05, 3.63) is 18.2 Å². The number of H-pyrrole nitrogens is 1. The van der Waals surface area contributed by atoms with Crippen LogP contribution in [0.5, 0.6) is 0 Å². The second kappa shape index (κ2) is 8.00. The Hall–Kier alpha value is -2.42. The van der Waals surface area contributed by atoms with Crippen molar-refractivity contribution in [3.63, 3.8) is 0 Å². The van der Waals surface area contributed by atoms with Crippen molar-refractivity contribution in [2.24, 2.45) is 0 Å². The Bertz CT molecular complexity index is 488. The van der Waals surface area contributed by atoms with Gasteiger partial charge in [-0.3, -0.25) is 9.59 Å². The van der Waals surface area contributed by atoms with Gasteiger partial charge >= 0.3 is 11.9 Å². The van der Waals surface area contributed by atoms with Gasteiger partial charge in [0.2, 0.25) is 5.91 Å². The minimum absolute atomic E-state index is 0.0774. The maximum absolute atomic E-state index is 11.7. The molecule has 0 aliphatic rings. The van der Waals surface area contributed by atoms with E-state index in [1.54, 1.807) is 0 Å². The van der Waals surface area contributed by atoms with Crippen molar-refractivity contribution < 1.29 is 24.6 Å². The summed E-state index contributed by atoms with van der Waals surface area (Å²) >= 11 is 0. The van der Waals surface area contributed by atoms with Crippen molar-refractivity contribution in [2.75, 3.05) is 7.05 Å². The van der Waals surface area contributed by atoms with Gasteiger partial charge in [0.15, 0.2) is 0 Å². The number of aromatic nitrogens is 2. The number of aliphatic carboxylic acids is 2. The number of carbonyl (C=O) groups is 3. The minimum Gasteiger partial charge on any atom is -0.480 e. The molecule has 1 rings (SSSR count). The molecular formula is C12H18N4O5. The number of nitrogens with one attached hydrogen (secondary N) is 3. The Morgan fingerprint density at radius 2 is 1.95 bits per heavy atom. The van der Waals surface area contributed by atoms with Gasteiger partial charge in [-0.1, -0.05) is 0 Å². The summed E-state index contributed by atoms with van der Waals surface area (Å²) in [6.07, 6.45) is 2.97. The van der Waals surface area contributed by atoms with Gasteiger partial charge in [-0.25, -0.2) is 9.78 Å². The average molecular weight is 298 g/mol. The molecule has 2 unspecified atom stereocenters. The SMILES string of the molecule is CNC(CCC(=O)NC(Cc1cnc[nH]1)C(=O)O)C(=O)O. The number of carboxylic acid groups (broad SMARTS) is 2. The molecule has 1 heterocycles. The molecule has 0 saturated carbocycles. The fraction of sp³-hybridized carbons (Fsp3) is 0.500. The number of amides is 1. The third kappa shape index (κ3) is 5.61. The van der Waals surface area contributed by atoms with Crippen molar-refractivity contribution in [2.45, 2.75) is 31.3 Å². The highest BCUT2D eigenvalue weighted by atomic mass is 16.4. The van der Waals surface area contributed by atoms with Crippen LogP contribution in [0.1, 0.15) is 18.5 Å². The van der Waals surface area contributed by atoms with Crippen molar-refractivity contribution in [1.29, 1.82) is 0 Å². The molecule has 5 N–H and O–H groups in total. The van der Waals surface area contributed by atoms with E-state index in [2.05, 4.69) is 20.6 Å². The summed E-state index contributed by atoms with van der Waals surface area (Å²) in [4.78, 5) is 40.1. The van der Waals surface area contributed by atoms with Crippen LogP contribution in [-0.2, 0) is 20.8 Å². The van der Waals surface area contributed by atoms with Crippen molar-refractivity contribution in [1.82, 2.24) is 20.6 Å². The molecule has 0 bridgehead atoms. The third-order valence-corrected chi connectivity index (χ3v) is 2.92. The highest BCUT2D eigenvalue weighted by Crippen LogP contribution is 2.02. The second-order valence-electron chi connectivity index (χ2n) is 4.46. The Morgan fingerprint density at radius 3 is 2.43 bits per heavy atom. The van der Waals surface area contributed by atoms with E-state index in [1.807, 2.05) is 0 Å². The van der Waals surface area contributed by atoms with Crippen molar-refractivity contribution in [3.8, 4) is 0 Å². The predicted molar refractivity (Wildman–Crippen MR) is 71.6 cm³/mol. The van der Waals surface area contributed by atoms with Crippen LogP contribution < -0.4 is 10.6 Å². The minimum atomic E-state index is -1.17. The lowest BCUT2D eigenvalue weighted by atomic mass is 10.1. The lowest BCUT2D eigenvalue weighted by Gasteiger charge is -2.15. The van der Waals surface area contributed by atoms with Gasteiger partial charge in [-0.2, -0.15) is 0 Å². The zero-order chi connectivity index (χ0) is 15.8. The molecule has 0 aromatic carbocycles. The van der Waals surface area contributed by atoms with E-state index in [-0.39, 0.29) is 19.3 Å². The number of hydrogen-bond donors (Lipinski definition) is 5. The fourth-order valence-electron chi connectivity index (χ4n) is 1.75. The summed E-state index contributed by atoms with van der Waals surface area (Å²) in [7, 11) is 1.48. The Labute approximate surface area is 120 Å². The molecule has 1 aromatic heterocycles. The number of carbonyl (C=O) groups excluding carboxylic acids is 1. The molecule has 1 amide bonds. The van der Waals surface area contributed by atoms with Crippen LogP contribution >= 0.6 is 0 Å². The number of hydrogen-bond acceptors (Lipinski definition) is 5. The molecule has 1 aromatic rings. The van der Waals surface area contributed by atoms with Gasteiger partial charge in [-0.15, -0.1) is 0 Å². The number of imidazole rings is 1. The monoisotopic (exact) mass is 298 g/mol. The molecule has 0 aliphatic heterocycles. The standard InChI is InChI=1S/C12H18N4O5/c1-13-8(11(18)19)2-3-10(17)16-9(12(20)21)4-7-5-14-6-15-7/h5-6,8-9,13H,2-4H2,1H3,(H,14,15)(H,16,17)(H,18,19)(H,20,21). The smallest absolute Gasteiger partial charge is 0.326 e. The van der Waals surface area contributed by atoms with E-state index in [0.29, 0.717) is 5.69 Å². The number of aromatic amines is 1. The Kier molecular flexibility index (Phi) is 6.34. The van der Waals surface area contributed by atoms with E-state index in [1.165, 1.54) is 19.6 Å². The van der Waals surface area contributed by atoms with Gasteiger partial charge in [0.05, 0.1) is 6.33 Å². The van der Waals surface area contributed by atoms with Gasteiger partial charge < -0.3 is 25.8 Å². The molecule has 0 aliphatic carbocycles.